The molecular weight excluding hydrogens is 542 g/mol. The monoisotopic (exact) mass is 585 g/mol. The number of ether oxygens (including phenoxy) is 2. The highest BCUT2D eigenvalue weighted by Gasteiger charge is 2.34. The van der Waals surface area contributed by atoms with Crippen LogP contribution < -0.4 is 15.6 Å². The summed E-state index contributed by atoms with van der Waals surface area (Å²) in [5.41, 5.74) is 3.16. The number of H-pyrrole nitrogens is 1. The van der Waals surface area contributed by atoms with E-state index in [0.717, 1.165) is 56.5 Å². The molecule has 3 aromatic carbocycles. The van der Waals surface area contributed by atoms with Gasteiger partial charge in [-0.05, 0) is 61.2 Å². The van der Waals surface area contributed by atoms with Gasteiger partial charge >= 0.3 is 0 Å². The van der Waals surface area contributed by atoms with Crippen molar-refractivity contribution < 1.29 is 19.7 Å². The van der Waals surface area contributed by atoms with Gasteiger partial charge in [0.15, 0.2) is 0 Å². The number of fused-ring (bicyclic) bond motifs is 1. The zero-order chi connectivity index (χ0) is 29.9. The number of hydrogen-bond acceptors (Lipinski definition) is 7. The summed E-state index contributed by atoms with van der Waals surface area (Å²) in [6.45, 7) is 5.58. The number of piperidine rings is 1. The van der Waals surface area contributed by atoms with Crippen LogP contribution in [0.3, 0.4) is 0 Å². The molecule has 1 saturated heterocycles. The number of aromatic amines is 1. The normalized spacial score (nSPS) is 15.9. The Kier molecular flexibility index (Phi) is 11.0. The van der Waals surface area contributed by atoms with Crippen LogP contribution in [0.25, 0.3) is 10.9 Å². The number of nitrogens with one attached hydrogen (secondary N) is 2. The summed E-state index contributed by atoms with van der Waals surface area (Å²) < 4.78 is 11.9. The van der Waals surface area contributed by atoms with Crippen LogP contribution in [-0.2, 0) is 17.8 Å². The maximum atomic E-state index is 12.2. The van der Waals surface area contributed by atoms with E-state index in [1.807, 2.05) is 42.5 Å². The van der Waals surface area contributed by atoms with Gasteiger partial charge in [0.05, 0.1) is 31.4 Å². The molecule has 43 heavy (non-hydrogen) atoms. The molecular formula is C35H43N3O5. The van der Waals surface area contributed by atoms with Crippen molar-refractivity contribution in [2.45, 2.75) is 32.0 Å². The Bertz CT molecular complexity index is 1470. The molecule has 228 valence electrons. The molecule has 0 bridgehead atoms. The first-order chi connectivity index (χ1) is 21.0. The van der Waals surface area contributed by atoms with Gasteiger partial charge in [-0.25, -0.2) is 0 Å². The fourth-order valence-corrected chi connectivity index (χ4v) is 5.75. The molecule has 2 heterocycles. The number of likely N-dealkylation sites (tertiary alicyclic amines) is 1. The first kappa shape index (κ1) is 30.9. The molecule has 0 spiro atoms. The highest BCUT2D eigenvalue weighted by atomic mass is 16.5. The van der Waals surface area contributed by atoms with Crippen molar-refractivity contribution >= 4 is 10.9 Å². The number of aromatic nitrogens is 1. The maximum absolute atomic E-state index is 12.2. The van der Waals surface area contributed by atoms with Crippen molar-refractivity contribution in [1.82, 2.24) is 15.2 Å². The summed E-state index contributed by atoms with van der Waals surface area (Å²) >= 11 is 0. The average Bonchev–Trinajstić information content (AvgIpc) is 3.05. The van der Waals surface area contributed by atoms with Gasteiger partial charge in [0.25, 0.3) is 0 Å². The van der Waals surface area contributed by atoms with Gasteiger partial charge < -0.3 is 34.9 Å². The van der Waals surface area contributed by atoms with Gasteiger partial charge in [-0.2, -0.15) is 0 Å². The van der Waals surface area contributed by atoms with E-state index in [4.69, 9.17) is 9.47 Å². The number of benzene rings is 3. The largest absolute Gasteiger partial charge is 0.487 e. The summed E-state index contributed by atoms with van der Waals surface area (Å²) in [4.78, 5) is 17.4. The molecule has 1 atom stereocenters. The van der Waals surface area contributed by atoms with E-state index in [1.165, 1.54) is 11.6 Å². The van der Waals surface area contributed by atoms with E-state index in [1.54, 1.807) is 12.1 Å². The minimum Gasteiger partial charge on any atom is -0.487 e. The molecule has 1 aromatic heterocycles. The molecule has 1 fully saturated rings. The minimum absolute atomic E-state index is 0.106. The zero-order valence-electron chi connectivity index (χ0n) is 24.7. The van der Waals surface area contributed by atoms with Crippen LogP contribution in [-0.4, -0.2) is 72.6 Å². The van der Waals surface area contributed by atoms with Gasteiger partial charge in [0.1, 0.15) is 12.4 Å². The third kappa shape index (κ3) is 8.53. The van der Waals surface area contributed by atoms with E-state index in [9.17, 15) is 15.0 Å². The van der Waals surface area contributed by atoms with Gasteiger partial charge in [0.2, 0.25) is 5.56 Å². The lowest BCUT2D eigenvalue weighted by molar-refractivity contribution is 0.0274. The van der Waals surface area contributed by atoms with Gasteiger partial charge in [-0.3, -0.25) is 4.79 Å². The van der Waals surface area contributed by atoms with Crippen LogP contribution in [0, 0.1) is 5.41 Å². The predicted octanol–water partition coefficient (Wildman–Crippen LogP) is 4.06. The molecule has 0 unspecified atom stereocenters. The highest BCUT2D eigenvalue weighted by Crippen LogP contribution is 2.32. The van der Waals surface area contributed by atoms with Crippen LogP contribution in [0.1, 0.15) is 35.6 Å². The summed E-state index contributed by atoms with van der Waals surface area (Å²) in [7, 11) is 0. The van der Waals surface area contributed by atoms with Crippen LogP contribution in [0.4, 0.5) is 0 Å². The van der Waals surface area contributed by atoms with Crippen molar-refractivity contribution in [2.75, 3.05) is 52.5 Å². The summed E-state index contributed by atoms with van der Waals surface area (Å²) in [6.07, 6.45) is 1.90. The number of hydrogen-bond donors (Lipinski definition) is 4. The Balaban J connectivity index is 1.09. The van der Waals surface area contributed by atoms with E-state index in [2.05, 4.69) is 39.5 Å². The van der Waals surface area contributed by atoms with E-state index < -0.39 is 6.10 Å². The lowest BCUT2D eigenvalue weighted by Crippen LogP contribution is -2.48. The predicted molar refractivity (Wildman–Crippen MR) is 169 cm³/mol. The number of pyridine rings is 1. The van der Waals surface area contributed by atoms with Crippen molar-refractivity contribution in [3.8, 4) is 5.75 Å². The van der Waals surface area contributed by atoms with Gasteiger partial charge in [0, 0.05) is 36.5 Å². The van der Waals surface area contributed by atoms with Crippen LogP contribution in [0.5, 0.6) is 5.75 Å². The van der Waals surface area contributed by atoms with Crippen LogP contribution in [0.2, 0.25) is 0 Å². The summed E-state index contributed by atoms with van der Waals surface area (Å²) in [5, 5.41) is 25.6. The quantitative estimate of drug-likeness (QED) is 0.156. The minimum atomic E-state index is -0.791. The third-order valence-corrected chi connectivity index (χ3v) is 8.51. The lowest BCUT2D eigenvalue weighted by Gasteiger charge is -2.41. The second-order valence-electron chi connectivity index (χ2n) is 11.5. The van der Waals surface area contributed by atoms with Crippen molar-refractivity contribution in [3.05, 3.63) is 112 Å². The highest BCUT2D eigenvalue weighted by molar-refractivity contribution is 5.87. The molecule has 5 rings (SSSR count). The van der Waals surface area contributed by atoms with E-state index in [-0.39, 0.29) is 17.6 Å². The van der Waals surface area contributed by atoms with Crippen molar-refractivity contribution in [3.63, 3.8) is 0 Å². The smallest absolute Gasteiger partial charge is 0.248 e. The van der Waals surface area contributed by atoms with E-state index in [0.29, 0.717) is 43.1 Å². The molecule has 4 N–H and O–H groups in total. The molecule has 4 aromatic rings. The number of aliphatic hydroxyl groups is 2. The maximum Gasteiger partial charge on any atom is 0.248 e. The Labute approximate surface area is 253 Å². The molecule has 1 aliphatic rings. The van der Waals surface area contributed by atoms with Gasteiger partial charge in [-0.1, -0.05) is 66.7 Å². The second kappa shape index (κ2) is 15.3. The zero-order valence-corrected chi connectivity index (χ0v) is 24.7. The Hall–Kier alpha value is -3.53. The summed E-state index contributed by atoms with van der Waals surface area (Å²) in [5.74, 6) is 0.563. The van der Waals surface area contributed by atoms with E-state index >= 15 is 0 Å². The third-order valence-electron chi connectivity index (χ3n) is 8.51. The first-order valence-corrected chi connectivity index (χ1v) is 15.2. The van der Waals surface area contributed by atoms with Crippen LogP contribution >= 0.6 is 0 Å². The topological polar surface area (TPSA) is 107 Å². The molecule has 0 radical (unpaired) electrons. The molecule has 0 aliphatic carbocycles. The molecule has 0 saturated carbocycles. The Morgan fingerprint density at radius 3 is 2.35 bits per heavy atom. The fourth-order valence-electron chi connectivity index (χ4n) is 5.75. The molecule has 8 nitrogen and oxygen atoms in total. The van der Waals surface area contributed by atoms with Crippen molar-refractivity contribution in [1.29, 1.82) is 0 Å². The number of aliphatic hydroxyl groups excluding tert-OH is 2. The lowest BCUT2D eigenvalue weighted by atomic mass is 9.79. The van der Waals surface area contributed by atoms with Crippen LogP contribution in [0.15, 0.2) is 89.7 Å². The number of nitrogens with zero attached hydrogens (tertiary/aromatic N) is 1. The Morgan fingerprint density at radius 1 is 0.907 bits per heavy atom. The summed E-state index contributed by atoms with van der Waals surface area (Å²) in [6, 6.07) is 27.1. The standard InChI is InChI=1S/C35H43N3O5/c39-26-35(16-18-38(19-17-35)20-22-42-21-15-27-7-3-1-4-8-27)25-36-23-31(40)29-11-13-32(34-30(29)12-14-33(41)37-34)43-24-28-9-5-2-6-10-28/h1-14,31,36,39-40H,15-26H2,(H,37,41)/t31-/m0/s1. The average molecular weight is 586 g/mol. The SMILES string of the molecule is O=c1ccc2c([C@@H](O)CNCC3(CO)CCN(CCOCCc4ccccc4)CC3)ccc(OCc3ccccc3)c2[nH]1. The Morgan fingerprint density at radius 2 is 1.63 bits per heavy atom. The second-order valence-corrected chi connectivity index (χ2v) is 11.5. The molecule has 8 heteroatoms. The number of rotatable bonds is 15. The molecule has 0 amide bonds. The molecule has 1 aliphatic heterocycles. The van der Waals surface area contributed by atoms with Gasteiger partial charge in [-0.15, -0.1) is 0 Å². The fraction of sp³-hybridized carbons (Fsp3) is 0.400. The van der Waals surface area contributed by atoms with Crippen molar-refractivity contribution in [2.24, 2.45) is 5.41 Å². The first-order valence-electron chi connectivity index (χ1n) is 15.2.